The SMILES string of the molecule is Cc1cc(S(=O)(=O)Nc2ccccc2)ccc1OCC(=O)NCCCN1CCOCC1. The maximum absolute atomic E-state index is 12.6. The summed E-state index contributed by atoms with van der Waals surface area (Å²) in [5.41, 5.74) is 1.13. The molecule has 9 heteroatoms. The molecule has 0 spiro atoms. The first-order valence-corrected chi connectivity index (χ1v) is 11.8. The summed E-state index contributed by atoms with van der Waals surface area (Å²) in [5.74, 6) is 0.269. The molecule has 2 aromatic carbocycles. The zero-order valence-corrected chi connectivity index (χ0v) is 18.5. The number of amides is 1. The molecular weight excluding hydrogens is 418 g/mol. The lowest BCUT2D eigenvalue weighted by Gasteiger charge is -2.26. The standard InChI is InChI=1S/C22H29N3O5S/c1-18-16-20(31(27,28)24-19-6-3-2-4-7-19)8-9-21(18)30-17-22(26)23-10-5-11-25-12-14-29-15-13-25/h2-4,6-9,16,24H,5,10-15,17H2,1H3,(H,23,26). The Morgan fingerprint density at radius 1 is 1.13 bits per heavy atom. The largest absolute Gasteiger partial charge is 0.484 e. The number of carbonyl (C=O) groups excluding carboxylic acids is 1. The number of anilines is 1. The highest BCUT2D eigenvalue weighted by Gasteiger charge is 2.16. The summed E-state index contributed by atoms with van der Waals surface area (Å²) in [6.45, 7) is 6.54. The monoisotopic (exact) mass is 447 g/mol. The lowest BCUT2D eigenvalue weighted by Crippen LogP contribution is -2.38. The van der Waals surface area contributed by atoms with E-state index in [-0.39, 0.29) is 17.4 Å². The number of hydrogen-bond donors (Lipinski definition) is 2. The Kier molecular flexibility index (Phi) is 8.27. The Labute approximate surface area is 183 Å². The minimum Gasteiger partial charge on any atom is -0.484 e. The van der Waals surface area contributed by atoms with Gasteiger partial charge in [0.15, 0.2) is 6.61 Å². The number of aryl methyl sites for hydroxylation is 1. The molecule has 1 saturated heterocycles. The van der Waals surface area contributed by atoms with Gasteiger partial charge in [0.2, 0.25) is 0 Å². The van der Waals surface area contributed by atoms with Crippen LogP contribution < -0.4 is 14.8 Å². The molecule has 3 rings (SSSR count). The molecule has 0 aliphatic carbocycles. The first-order chi connectivity index (χ1) is 14.9. The van der Waals surface area contributed by atoms with E-state index >= 15 is 0 Å². The molecule has 31 heavy (non-hydrogen) atoms. The van der Waals surface area contributed by atoms with Crippen molar-refractivity contribution in [1.82, 2.24) is 10.2 Å². The highest BCUT2D eigenvalue weighted by Crippen LogP contribution is 2.23. The highest BCUT2D eigenvalue weighted by atomic mass is 32.2. The average molecular weight is 448 g/mol. The van der Waals surface area contributed by atoms with Gasteiger partial charge in [0, 0.05) is 25.3 Å². The molecule has 0 atom stereocenters. The van der Waals surface area contributed by atoms with Crippen molar-refractivity contribution in [2.45, 2.75) is 18.2 Å². The van der Waals surface area contributed by atoms with Gasteiger partial charge in [-0.05, 0) is 55.8 Å². The fraction of sp³-hybridized carbons (Fsp3) is 0.409. The van der Waals surface area contributed by atoms with Crippen LogP contribution in [0.5, 0.6) is 5.75 Å². The molecule has 8 nitrogen and oxygen atoms in total. The van der Waals surface area contributed by atoms with E-state index in [4.69, 9.17) is 9.47 Å². The van der Waals surface area contributed by atoms with Gasteiger partial charge < -0.3 is 14.8 Å². The van der Waals surface area contributed by atoms with Crippen LogP contribution in [0.4, 0.5) is 5.69 Å². The molecule has 1 amide bonds. The number of nitrogens with zero attached hydrogens (tertiary/aromatic N) is 1. The van der Waals surface area contributed by atoms with Gasteiger partial charge >= 0.3 is 0 Å². The van der Waals surface area contributed by atoms with E-state index in [0.29, 0.717) is 23.5 Å². The van der Waals surface area contributed by atoms with E-state index in [1.54, 1.807) is 37.3 Å². The van der Waals surface area contributed by atoms with E-state index in [0.717, 1.165) is 39.3 Å². The second-order valence-corrected chi connectivity index (χ2v) is 9.03. The van der Waals surface area contributed by atoms with Crippen LogP contribution in [0.1, 0.15) is 12.0 Å². The zero-order chi connectivity index (χ0) is 22.1. The fourth-order valence-corrected chi connectivity index (χ4v) is 4.36. The molecule has 1 aliphatic heterocycles. The highest BCUT2D eigenvalue weighted by molar-refractivity contribution is 7.92. The summed E-state index contributed by atoms with van der Waals surface area (Å²) >= 11 is 0. The van der Waals surface area contributed by atoms with Crippen LogP contribution in [-0.4, -0.2) is 65.2 Å². The molecule has 1 fully saturated rings. The summed E-state index contributed by atoms with van der Waals surface area (Å²) in [7, 11) is -3.70. The van der Waals surface area contributed by atoms with E-state index in [2.05, 4.69) is 14.9 Å². The third-order valence-corrected chi connectivity index (χ3v) is 6.30. The fourth-order valence-electron chi connectivity index (χ4n) is 3.22. The van der Waals surface area contributed by atoms with Crippen molar-refractivity contribution in [3.05, 3.63) is 54.1 Å². The molecular formula is C22H29N3O5S. The second-order valence-electron chi connectivity index (χ2n) is 7.35. The van der Waals surface area contributed by atoms with E-state index in [9.17, 15) is 13.2 Å². The Morgan fingerprint density at radius 2 is 1.87 bits per heavy atom. The number of carbonyl (C=O) groups is 1. The number of ether oxygens (including phenoxy) is 2. The van der Waals surface area contributed by atoms with Gasteiger partial charge in [-0.3, -0.25) is 14.4 Å². The lowest BCUT2D eigenvalue weighted by atomic mass is 10.2. The van der Waals surface area contributed by atoms with Crippen molar-refractivity contribution in [3.8, 4) is 5.75 Å². The number of benzene rings is 2. The first-order valence-electron chi connectivity index (χ1n) is 10.3. The van der Waals surface area contributed by atoms with Crippen LogP contribution >= 0.6 is 0 Å². The minimum absolute atomic E-state index is 0.118. The molecule has 0 aromatic heterocycles. The van der Waals surface area contributed by atoms with Crippen LogP contribution in [0.3, 0.4) is 0 Å². The van der Waals surface area contributed by atoms with E-state index in [1.807, 2.05) is 6.07 Å². The Hall–Kier alpha value is -2.62. The van der Waals surface area contributed by atoms with E-state index in [1.165, 1.54) is 12.1 Å². The average Bonchev–Trinajstić information content (AvgIpc) is 2.77. The summed E-state index contributed by atoms with van der Waals surface area (Å²) in [4.78, 5) is 14.5. The molecule has 1 aliphatic rings. The molecule has 0 unspecified atom stereocenters. The van der Waals surface area contributed by atoms with Crippen LogP contribution in [0, 0.1) is 6.92 Å². The minimum atomic E-state index is -3.70. The van der Waals surface area contributed by atoms with Crippen molar-refractivity contribution in [2.24, 2.45) is 0 Å². The van der Waals surface area contributed by atoms with Crippen molar-refractivity contribution in [3.63, 3.8) is 0 Å². The third kappa shape index (κ3) is 7.23. The molecule has 2 N–H and O–H groups in total. The molecule has 168 valence electrons. The quantitative estimate of drug-likeness (QED) is 0.541. The maximum Gasteiger partial charge on any atom is 0.261 e. The first kappa shape index (κ1) is 23.1. The van der Waals surface area contributed by atoms with Gasteiger partial charge in [0.05, 0.1) is 18.1 Å². The van der Waals surface area contributed by atoms with Gasteiger partial charge in [-0.15, -0.1) is 0 Å². The van der Waals surface area contributed by atoms with Crippen molar-refractivity contribution < 1.29 is 22.7 Å². The molecule has 0 bridgehead atoms. The molecule has 2 aromatic rings. The normalized spacial score (nSPS) is 14.7. The van der Waals surface area contributed by atoms with Crippen LogP contribution in [0.2, 0.25) is 0 Å². The Balaban J connectivity index is 1.44. The second kappa shape index (κ2) is 11.1. The van der Waals surface area contributed by atoms with Crippen molar-refractivity contribution in [1.29, 1.82) is 0 Å². The number of para-hydroxylation sites is 1. The van der Waals surface area contributed by atoms with Crippen molar-refractivity contribution >= 4 is 21.6 Å². The number of sulfonamides is 1. The van der Waals surface area contributed by atoms with Crippen LogP contribution in [-0.2, 0) is 19.6 Å². The smallest absolute Gasteiger partial charge is 0.261 e. The topological polar surface area (TPSA) is 97.0 Å². The lowest BCUT2D eigenvalue weighted by molar-refractivity contribution is -0.123. The van der Waals surface area contributed by atoms with Gasteiger partial charge in [-0.2, -0.15) is 0 Å². The van der Waals surface area contributed by atoms with Gasteiger partial charge in [-0.25, -0.2) is 8.42 Å². The summed E-state index contributed by atoms with van der Waals surface area (Å²) in [6, 6.07) is 13.3. The predicted octanol–water partition coefficient (Wildman–Crippen LogP) is 2.01. The van der Waals surface area contributed by atoms with E-state index < -0.39 is 10.0 Å². The number of hydrogen-bond acceptors (Lipinski definition) is 6. The van der Waals surface area contributed by atoms with Gasteiger partial charge in [-0.1, -0.05) is 18.2 Å². The van der Waals surface area contributed by atoms with Gasteiger partial charge in [0.1, 0.15) is 5.75 Å². The zero-order valence-electron chi connectivity index (χ0n) is 17.7. The summed E-state index contributed by atoms with van der Waals surface area (Å²) in [5, 5.41) is 2.85. The van der Waals surface area contributed by atoms with Crippen molar-refractivity contribution in [2.75, 3.05) is 50.7 Å². The van der Waals surface area contributed by atoms with Gasteiger partial charge in [0.25, 0.3) is 15.9 Å². The summed E-state index contributed by atoms with van der Waals surface area (Å²) < 4.78 is 38.6. The van der Waals surface area contributed by atoms with Crippen LogP contribution in [0.15, 0.2) is 53.4 Å². The Bertz CT molecular complexity index is 960. The Morgan fingerprint density at radius 3 is 2.58 bits per heavy atom. The molecule has 1 heterocycles. The predicted molar refractivity (Wildman–Crippen MR) is 119 cm³/mol. The number of nitrogens with one attached hydrogen (secondary N) is 2. The molecule has 0 saturated carbocycles. The molecule has 0 radical (unpaired) electrons. The number of morpholine rings is 1. The maximum atomic E-state index is 12.6. The van der Waals surface area contributed by atoms with Crippen LogP contribution in [0.25, 0.3) is 0 Å². The summed E-state index contributed by atoms with van der Waals surface area (Å²) in [6.07, 6.45) is 0.867. The number of rotatable bonds is 10. The third-order valence-electron chi connectivity index (χ3n) is 4.92.